The molecule has 3 heteroatoms. The van der Waals surface area contributed by atoms with Crippen molar-refractivity contribution in [2.24, 2.45) is 5.73 Å². The molecular weight excluding hydrogens is 222 g/mol. The van der Waals surface area contributed by atoms with E-state index < -0.39 is 0 Å². The maximum atomic E-state index is 6.14. The third-order valence-electron chi connectivity index (χ3n) is 2.41. The molecule has 1 atom stereocenters. The minimum absolute atomic E-state index is 0.172. The standard InChI is InChI=1S/C12H15NS2/c1-8(2)3-4-9(13)11-7-12-10(15-11)5-6-14-12/h5-7,9H,1,3-4,13H2,2H3. The smallest absolute Gasteiger partial charge is 0.0454 e. The molecular formula is C12H15NS2. The molecule has 0 bridgehead atoms. The van der Waals surface area contributed by atoms with E-state index in [1.807, 2.05) is 11.3 Å². The summed E-state index contributed by atoms with van der Waals surface area (Å²) in [6, 6.07) is 4.57. The van der Waals surface area contributed by atoms with Crippen molar-refractivity contribution in [3.63, 3.8) is 0 Å². The largest absolute Gasteiger partial charge is 0.323 e. The van der Waals surface area contributed by atoms with Crippen LogP contribution >= 0.6 is 22.7 Å². The Balaban J connectivity index is 2.09. The summed E-state index contributed by atoms with van der Waals surface area (Å²) in [7, 11) is 0. The summed E-state index contributed by atoms with van der Waals surface area (Å²) in [6.07, 6.45) is 2.02. The molecule has 0 saturated carbocycles. The van der Waals surface area contributed by atoms with E-state index in [-0.39, 0.29) is 6.04 Å². The number of hydrogen-bond donors (Lipinski definition) is 1. The van der Waals surface area contributed by atoms with Crippen LogP contribution in [0, 0.1) is 0 Å². The van der Waals surface area contributed by atoms with Crippen LogP contribution in [0.25, 0.3) is 9.40 Å². The molecule has 2 rings (SSSR count). The van der Waals surface area contributed by atoms with Crippen molar-refractivity contribution < 1.29 is 0 Å². The molecule has 0 aromatic carbocycles. The monoisotopic (exact) mass is 237 g/mol. The van der Waals surface area contributed by atoms with Crippen molar-refractivity contribution in [3.05, 3.63) is 34.5 Å². The highest BCUT2D eigenvalue weighted by molar-refractivity contribution is 7.26. The third kappa shape index (κ3) is 2.48. The van der Waals surface area contributed by atoms with Crippen LogP contribution < -0.4 is 5.73 Å². The number of thiophene rings is 2. The van der Waals surface area contributed by atoms with Gasteiger partial charge in [-0.3, -0.25) is 0 Å². The Bertz CT molecular complexity index is 438. The van der Waals surface area contributed by atoms with E-state index in [4.69, 9.17) is 5.73 Å². The zero-order chi connectivity index (χ0) is 10.8. The molecule has 2 aromatic rings. The average molecular weight is 237 g/mol. The fourth-order valence-corrected chi connectivity index (χ4v) is 3.67. The van der Waals surface area contributed by atoms with Gasteiger partial charge in [0.25, 0.3) is 0 Å². The summed E-state index contributed by atoms with van der Waals surface area (Å²) in [5, 5.41) is 2.13. The quantitative estimate of drug-likeness (QED) is 0.787. The molecule has 2 N–H and O–H groups in total. The normalized spacial score (nSPS) is 13.2. The van der Waals surface area contributed by atoms with Crippen LogP contribution in [0.1, 0.15) is 30.7 Å². The predicted octanol–water partition coefficient (Wildman–Crippen LogP) is 4.32. The van der Waals surface area contributed by atoms with Gasteiger partial charge in [-0.25, -0.2) is 0 Å². The minimum Gasteiger partial charge on any atom is -0.323 e. The molecule has 1 nitrogen and oxygen atoms in total. The van der Waals surface area contributed by atoms with Crippen molar-refractivity contribution in [2.45, 2.75) is 25.8 Å². The van der Waals surface area contributed by atoms with Gasteiger partial charge in [0.15, 0.2) is 0 Å². The first-order valence-corrected chi connectivity index (χ1v) is 6.73. The van der Waals surface area contributed by atoms with Crippen molar-refractivity contribution in [1.29, 1.82) is 0 Å². The fraction of sp³-hybridized carbons (Fsp3) is 0.333. The van der Waals surface area contributed by atoms with Crippen LogP contribution in [0.5, 0.6) is 0 Å². The first-order valence-electron chi connectivity index (χ1n) is 5.03. The first-order chi connectivity index (χ1) is 7.16. The summed E-state index contributed by atoms with van der Waals surface area (Å²) in [5.41, 5.74) is 7.35. The molecule has 0 saturated heterocycles. The second kappa shape index (κ2) is 4.47. The van der Waals surface area contributed by atoms with Gasteiger partial charge in [0.05, 0.1) is 0 Å². The Morgan fingerprint density at radius 2 is 2.33 bits per heavy atom. The van der Waals surface area contributed by atoms with Crippen LogP contribution in [-0.4, -0.2) is 0 Å². The van der Waals surface area contributed by atoms with E-state index in [9.17, 15) is 0 Å². The SMILES string of the molecule is C=C(C)CCC(N)c1cc2sccc2s1. The van der Waals surface area contributed by atoms with Gasteiger partial charge in [-0.2, -0.15) is 0 Å². The molecule has 0 aliphatic heterocycles. The van der Waals surface area contributed by atoms with Gasteiger partial charge in [0, 0.05) is 20.3 Å². The number of nitrogens with two attached hydrogens (primary N) is 1. The molecule has 0 radical (unpaired) electrons. The van der Waals surface area contributed by atoms with Crippen LogP contribution in [0.4, 0.5) is 0 Å². The molecule has 80 valence electrons. The van der Waals surface area contributed by atoms with Gasteiger partial charge in [0.1, 0.15) is 0 Å². The summed E-state index contributed by atoms with van der Waals surface area (Å²) >= 11 is 3.61. The maximum Gasteiger partial charge on any atom is 0.0454 e. The van der Waals surface area contributed by atoms with Crippen molar-refractivity contribution in [2.75, 3.05) is 0 Å². The van der Waals surface area contributed by atoms with Gasteiger partial charge in [-0.05, 0) is 37.3 Å². The number of hydrogen-bond acceptors (Lipinski definition) is 3. The average Bonchev–Trinajstić information content (AvgIpc) is 2.72. The molecule has 2 aromatic heterocycles. The van der Waals surface area contributed by atoms with E-state index in [2.05, 4.69) is 31.0 Å². The van der Waals surface area contributed by atoms with E-state index in [1.54, 1.807) is 11.3 Å². The Hall–Kier alpha value is -0.640. The summed E-state index contributed by atoms with van der Waals surface area (Å²) in [5.74, 6) is 0. The van der Waals surface area contributed by atoms with E-state index in [0.717, 1.165) is 12.8 Å². The predicted molar refractivity (Wildman–Crippen MR) is 70.7 cm³/mol. The van der Waals surface area contributed by atoms with Crippen molar-refractivity contribution in [3.8, 4) is 0 Å². The van der Waals surface area contributed by atoms with Crippen LogP contribution in [-0.2, 0) is 0 Å². The maximum absolute atomic E-state index is 6.14. The molecule has 2 heterocycles. The van der Waals surface area contributed by atoms with Crippen LogP contribution in [0.3, 0.4) is 0 Å². The van der Waals surface area contributed by atoms with Crippen molar-refractivity contribution >= 4 is 32.1 Å². The summed E-state index contributed by atoms with van der Waals surface area (Å²) in [4.78, 5) is 1.30. The van der Waals surface area contributed by atoms with Crippen LogP contribution in [0.15, 0.2) is 29.7 Å². The van der Waals surface area contributed by atoms with Gasteiger partial charge in [-0.15, -0.1) is 29.3 Å². The van der Waals surface area contributed by atoms with Gasteiger partial charge >= 0.3 is 0 Å². The molecule has 0 amide bonds. The van der Waals surface area contributed by atoms with Crippen molar-refractivity contribution in [1.82, 2.24) is 0 Å². The Morgan fingerprint density at radius 3 is 3.00 bits per heavy atom. The summed E-state index contributed by atoms with van der Waals surface area (Å²) in [6.45, 7) is 5.96. The number of allylic oxidation sites excluding steroid dienone is 1. The number of fused-ring (bicyclic) bond motifs is 1. The molecule has 15 heavy (non-hydrogen) atoms. The fourth-order valence-electron chi connectivity index (χ4n) is 1.51. The molecule has 0 aliphatic carbocycles. The Kier molecular flexibility index (Phi) is 3.24. The van der Waals surface area contributed by atoms with E-state index >= 15 is 0 Å². The second-order valence-corrected chi connectivity index (χ2v) is 5.96. The first kappa shape index (κ1) is 10.9. The minimum atomic E-state index is 0.172. The van der Waals surface area contributed by atoms with E-state index in [0.29, 0.717) is 0 Å². The lowest BCUT2D eigenvalue weighted by Crippen LogP contribution is -2.08. The topological polar surface area (TPSA) is 26.0 Å². The number of rotatable bonds is 4. The highest BCUT2D eigenvalue weighted by atomic mass is 32.1. The Morgan fingerprint density at radius 1 is 1.53 bits per heavy atom. The second-order valence-electron chi connectivity index (χ2n) is 3.90. The molecule has 0 spiro atoms. The highest BCUT2D eigenvalue weighted by Gasteiger charge is 2.10. The van der Waals surface area contributed by atoms with Gasteiger partial charge < -0.3 is 5.73 Å². The zero-order valence-corrected chi connectivity index (χ0v) is 10.5. The molecule has 0 aliphatic rings. The lowest BCUT2D eigenvalue weighted by Gasteiger charge is -2.08. The molecule has 0 fully saturated rings. The molecule has 1 unspecified atom stereocenters. The van der Waals surface area contributed by atoms with Crippen LogP contribution in [0.2, 0.25) is 0 Å². The zero-order valence-electron chi connectivity index (χ0n) is 8.82. The lowest BCUT2D eigenvalue weighted by atomic mass is 10.1. The summed E-state index contributed by atoms with van der Waals surface area (Å²) < 4.78 is 2.72. The highest BCUT2D eigenvalue weighted by Crippen LogP contribution is 2.34. The van der Waals surface area contributed by atoms with Gasteiger partial charge in [0.2, 0.25) is 0 Å². The van der Waals surface area contributed by atoms with E-state index in [1.165, 1.54) is 19.9 Å². The third-order valence-corrected chi connectivity index (χ3v) is 4.63. The lowest BCUT2D eigenvalue weighted by molar-refractivity contribution is 0.660. The Labute approximate surface area is 98.2 Å². The van der Waals surface area contributed by atoms with Gasteiger partial charge in [-0.1, -0.05) is 5.57 Å².